The smallest absolute Gasteiger partial charge is 0.163 e. The Morgan fingerprint density at radius 3 is 2.41 bits per heavy atom. The Morgan fingerprint density at radius 2 is 1.79 bits per heavy atom. The average Bonchev–Trinajstić information content (AvgIpc) is 2.69. The molecule has 0 bridgehead atoms. The molecular formula is C23H32ClNO4. The second kappa shape index (κ2) is 11.8. The molecule has 0 aliphatic heterocycles. The zero-order valence-electron chi connectivity index (χ0n) is 17.6. The molecule has 0 saturated carbocycles. The number of Topliss-reactive ketones (excluding diaryl/α,β-unsaturated/α-hetero) is 1. The van der Waals surface area contributed by atoms with Crippen molar-refractivity contribution >= 4 is 18.2 Å². The number of carbonyl (C=O) groups is 1. The maximum absolute atomic E-state index is 12.3. The van der Waals surface area contributed by atoms with Crippen molar-refractivity contribution in [2.24, 2.45) is 0 Å². The van der Waals surface area contributed by atoms with Crippen molar-refractivity contribution in [1.29, 1.82) is 0 Å². The monoisotopic (exact) mass is 421 g/mol. The molecule has 2 N–H and O–H groups in total. The van der Waals surface area contributed by atoms with Crippen LogP contribution in [0.25, 0.3) is 0 Å². The molecule has 1 unspecified atom stereocenters. The van der Waals surface area contributed by atoms with E-state index in [-0.39, 0.29) is 30.3 Å². The summed E-state index contributed by atoms with van der Waals surface area (Å²) >= 11 is 0. The number of β-amino-alcohol motifs (C(OH)–C–C–N with tert-alkyl or cyclic N) is 1. The molecule has 160 valence electrons. The van der Waals surface area contributed by atoms with E-state index >= 15 is 0 Å². The van der Waals surface area contributed by atoms with E-state index in [4.69, 9.17) is 9.47 Å². The Labute approximate surface area is 179 Å². The van der Waals surface area contributed by atoms with Gasteiger partial charge < -0.3 is 19.9 Å². The molecule has 0 aliphatic carbocycles. The van der Waals surface area contributed by atoms with E-state index in [1.165, 1.54) is 0 Å². The molecule has 0 radical (unpaired) electrons. The molecule has 2 aromatic rings. The minimum atomic E-state index is -0.632. The molecule has 6 heteroatoms. The summed E-state index contributed by atoms with van der Waals surface area (Å²) in [7, 11) is 1.58. The highest BCUT2D eigenvalue weighted by atomic mass is 35.5. The van der Waals surface area contributed by atoms with Crippen LogP contribution in [0.2, 0.25) is 0 Å². The molecule has 0 heterocycles. The molecule has 0 spiro atoms. The zero-order valence-corrected chi connectivity index (χ0v) is 18.4. The largest absolute Gasteiger partial charge is 0.493 e. The highest BCUT2D eigenvalue weighted by molar-refractivity contribution is 5.96. The van der Waals surface area contributed by atoms with Gasteiger partial charge in [-0.15, -0.1) is 12.4 Å². The Balaban J connectivity index is 0.00000420. The third-order valence-electron chi connectivity index (χ3n) is 4.26. The van der Waals surface area contributed by atoms with E-state index in [9.17, 15) is 9.90 Å². The number of nitrogens with one attached hydrogen (secondary N) is 1. The summed E-state index contributed by atoms with van der Waals surface area (Å²) in [6.45, 7) is 6.74. The number of benzene rings is 2. The Bertz CT molecular complexity index is 759. The first-order chi connectivity index (χ1) is 13.3. The molecule has 0 fully saturated rings. The number of rotatable bonds is 10. The Hall–Kier alpha value is -2.08. The number of ether oxygens (including phenoxy) is 2. The first kappa shape index (κ1) is 25.0. The van der Waals surface area contributed by atoms with Gasteiger partial charge in [0.25, 0.3) is 0 Å². The minimum absolute atomic E-state index is 0. The van der Waals surface area contributed by atoms with Crippen molar-refractivity contribution in [3.05, 3.63) is 59.7 Å². The van der Waals surface area contributed by atoms with Gasteiger partial charge in [0.1, 0.15) is 12.7 Å². The van der Waals surface area contributed by atoms with Crippen LogP contribution in [0.5, 0.6) is 11.5 Å². The van der Waals surface area contributed by atoms with E-state index in [2.05, 4.69) is 5.32 Å². The van der Waals surface area contributed by atoms with Crippen molar-refractivity contribution in [2.45, 2.75) is 45.3 Å². The summed E-state index contributed by atoms with van der Waals surface area (Å²) in [5.74, 6) is 1.29. The second-order valence-corrected chi connectivity index (χ2v) is 7.87. The lowest BCUT2D eigenvalue weighted by Crippen LogP contribution is -2.42. The molecule has 1 atom stereocenters. The normalized spacial score (nSPS) is 12.0. The number of aryl methyl sites for hydroxylation is 1. The molecule has 0 aromatic heterocycles. The van der Waals surface area contributed by atoms with E-state index in [1.54, 1.807) is 7.11 Å². The summed E-state index contributed by atoms with van der Waals surface area (Å²) in [4.78, 5) is 12.3. The van der Waals surface area contributed by atoms with Crippen molar-refractivity contribution in [3.8, 4) is 11.5 Å². The van der Waals surface area contributed by atoms with Crippen molar-refractivity contribution < 1.29 is 19.4 Å². The lowest BCUT2D eigenvalue weighted by molar-refractivity contribution is 0.0981. The van der Waals surface area contributed by atoms with Crippen LogP contribution in [-0.4, -0.2) is 42.8 Å². The maximum Gasteiger partial charge on any atom is 0.163 e. The number of aliphatic hydroxyl groups is 1. The third kappa shape index (κ3) is 8.86. The van der Waals surface area contributed by atoms with Crippen molar-refractivity contribution in [1.82, 2.24) is 5.32 Å². The molecule has 0 saturated heterocycles. The Morgan fingerprint density at radius 1 is 1.10 bits per heavy atom. The van der Waals surface area contributed by atoms with Gasteiger partial charge in [0.15, 0.2) is 17.3 Å². The van der Waals surface area contributed by atoms with Gasteiger partial charge >= 0.3 is 0 Å². The molecule has 29 heavy (non-hydrogen) atoms. The molecule has 2 rings (SSSR count). The first-order valence-corrected chi connectivity index (χ1v) is 9.59. The summed E-state index contributed by atoms with van der Waals surface area (Å²) < 4.78 is 11.1. The van der Waals surface area contributed by atoms with Crippen molar-refractivity contribution in [2.75, 3.05) is 20.3 Å². The van der Waals surface area contributed by atoms with Gasteiger partial charge in [-0.05, 0) is 44.9 Å². The van der Waals surface area contributed by atoms with Crippen molar-refractivity contribution in [3.63, 3.8) is 0 Å². The van der Waals surface area contributed by atoms with Gasteiger partial charge in [-0.3, -0.25) is 4.79 Å². The van der Waals surface area contributed by atoms with Crippen LogP contribution >= 0.6 is 12.4 Å². The molecule has 0 aliphatic rings. The molecule has 5 nitrogen and oxygen atoms in total. The van der Waals surface area contributed by atoms with Crippen LogP contribution in [0.4, 0.5) is 0 Å². The van der Waals surface area contributed by atoms with Crippen LogP contribution in [0.1, 0.15) is 43.1 Å². The quantitative estimate of drug-likeness (QED) is 0.566. The fourth-order valence-corrected chi connectivity index (χ4v) is 2.68. The number of ketones is 1. The number of methoxy groups -OCH3 is 1. The number of halogens is 1. The second-order valence-electron chi connectivity index (χ2n) is 7.87. The fourth-order valence-electron chi connectivity index (χ4n) is 2.68. The highest BCUT2D eigenvalue weighted by Crippen LogP contribution is 2.29. The topological polar surface area (TPSA) is 67.8 Å². The number of hydrogen-bond acceptors (Lipinski definition) is 5. The standard InChI is InChI=1S/C23H31NO4.ClH/c1-23(2,3)24-15-19(25)16-28-22-14-17(11-13-21(22)27-4)10-12-20(26)18-8-6-5-7-9-18;/h5-9,11,13-14,19,24-25H,10,12,15-16H2,1-4H3;1H. The predicted molar refractivity (Wildman–Crippen MR) is 119 cm³/mol. The third-order valence-corrected chi connectivity index (χ3v) is 4.26. The summed E-state index contributed by atoms with van der Waals surface area (Å²) in [5, 5.41) is 13.4. The van der Waals surface area contributed by atoms with Gasteiger partial charge in [0.2, 0.25) is 0 Å². The molecular weight excluding hydrogens is 390 g/mol. The lowest BCUT2D eigenvalue weighted by Gasteiger charge is -2.23. The van der Waals surface area contributed by atoms with Gasteiger partial charge in [0.05, 0.1) is 7.11 Å². The summed E-state index contributed by atoms with van der Waals surface area (Å²) in [5.41, 5.74) is 1.65. The lowest BCUT2D eigenvalue weighted by atomic mass is 10.0. The Kier molecular flexibility index (Phi) is 10.2. The van der Waals surface area contributed by atoms with Crippen LogP contribution < -0.4 is 14.8 Å². The van der Waals surface area contributed by atoms with Crippen LogP contribution in [-0.2, 0) is 6.42 Å². The summed E-state index contributed by atoms with van der Waals surface area (Å²) in [6, 6.07) is 14.9. The SMILES string of the molecule is COc1ccc(CCC(=O)c2ccccc2)cc1OCC(O)CNC(C)(C)C.Cl. The van der Waals surface area contributed by atoms with E-state index in [0.29, 0.717) is 30.9 Å². The predicted octanol–water partition coefficient (Wildman–Crippen LogP) is 4.06. The number of aliphatic hydroxyl groups excluding tert-OH is 1. The minimum Gasteiger partial charge on any atom is -0.493 e. The maximum atomic E-state index is 12.3. The van der Waals surface area contributed by atoms with Gasteiger partial charge in [-0.25, -0.2) is 0 Å². The van der Waals surface area contributed by atoms with Crippen LogP contribution in [0.15, 0.2) is 48.5 Å². The molecule has 0 amide bonds. The fraction of sp³-hybridized carbons (Fsp3) is 0.435. The van der Waals surface area contributed by atoms with Gasteiger partial charge in [-0.2, -0.15) is 0 Å². The van der Waals surface area contributed by atoms with E-state index in [1.807, 2.05) is 69.3 Å². The van der Waals surface area contributed by atoms with Crippen LogP contribution in [0.3, 0.4) is 0 Å². The molecule has 2 aromatic carbocycles. The summed E-state index contributed by atoms with van der Waals surface area (Å²) in [6.07, 6.45) is 0.406. The van der Waals surface area contributed by atoms with E-state index < -0.39 is 6.10 Å². The first-order valence-electron chi connectivity index (χ1n) is 9.59. The average molecular weight is 422 g/mol. The highest BCUT2D eigenvalue weighted by Gasteiger charge is 2.14. The number of carbonyl (C=O) groups excluding carboxylic acids is 1. The number of hydrogen-bond donors (Lipinski definition) is 2. The zero-order chi connectivity index (χ0) is 20.6. The van der Waals surface area contributed by atoms with E-state index in [0.717, 1.165) is 11.1 Å². The van der Waals surface area contributed by atoms with Crippen LogP contribution in [0, 0.1) is 0 Å². The van der Waals surface area contributed by atoms with Gasteiger partial charge in [-0.1, -0.05) is 36.4 Å². The van der Waals surface area contributed by atoms with Gasteiger partial charge in [0, 0.05) is 24.1 Å².